The van der Waals surface area contributed by atoms with E-state index >= 15 is 0 Å². The van der Waals surface area contributed by atoms with Gasteiger partial charge in [-0.05, 0) is 74.0 Å². The molecule has 174 valence electrons. The fourth-order valence-corrected chi connectivity index (χ4v) is 3.68. The Morgan fingerprint density at radius 3 is 2.38 bits per heavy atom. The summed E-state index contributed by atoms with van der Waals surface area (Å²) in [6, 6.07) is 19.0. The number of nitrogens with one attached hydrogen (secondary N) is 1. The number of hydrogen-bond acceptors (Lipinski definition) is 4. The molecule has 2 atom stereocenters. The number of halogens is 1. The molecule has 0 aliphatic carbocycles. The minimum atomic E-state index is -0.459. The van der Waals surface area contributed by atoms with Gasteiger partial charge in [0.15, 0.2) is 0 Å². The molecule has 0 spiro atoms. The highest BCUT2D eigenvalue weighted by Gasteiger charge is 2.24. The van der Waals surface area contributed by atoms with Gasteiger partial charge < -0.3 is 14.8 Å². The van der Waals surface area contributed by atoms with Crippen LogP contribution in [-0.4, -0.2) is 28.8 Å². The largest absolute Gasteiger partial charge is 0.497 e. The summed E-state index contributed by atoms with van der Waals surface area (Å²) in [6.45, 7) is 7.27. The van der Waals surface area contributed by atoms with Crippen molar-refractivity contribution in [2.45, 2.75) is 26.0 Å². The number of carbonyl (C=O) groups is 1. The van der Waals surface area contributed by atoms with Crippen LogP contribution in [-0.2, 0) is 4.79 Å². The van der Waals surface area contributed by atoms with Crippen LogP contribution >= 0.6 is 0 Å². The van der Waals surface area contributed by atoms with E-state index in [0.29, 0.717) is 11.3 Å². The molecule has 0 fully saturated rings. The normalized spacial score (nSPS) is 12.7. The molecular weight excluding hydrogens is 433 g/mol. The number of nitrogens with zero attached hydrogens (tertiary/aromatic N) is 2. The van der Waals surface area contributed by atoms with Crippen molar-refractivity contribution in [2.75, 3.05) is 7.11 Å². The Kier molecular flexibility index (Phi) is 6.63. The molecule has 0 radical (unpaired) electrons. The summed E-state index contributed by atoms with van der Waals surface area (Å²) >= 11 is 0. The molecule has 0 unspecified atom stereocenters. The van der Waals surface area contributed by atoms with Gasteiger partial charge in [0.1, 0.15) is 23.4 Å². The lowest BCUT2D eigenvalue weighted by Crippen LogP contribution is -2.39. The Morgan fingerprint density at radius 1 is 1.06 bits per heavy atom. The van der Waals surface area contributed by atoms with E-state index in [1.165, 1.54) is 12.1 Å². The second-order valence-electron chi connectivity index (χ2n) is 8.11. The van der Waals surface area contributed by atoms with Crippen LogP contribution < -0.4 is 14.8 Å². The minimum Gasteiger partial charge on any atom is -0.497 e. The Bertz CT molecular complexity index is 1310. The van der Waals surface area contributed by atoms with E-state index in [1.54, 1.807) is 37.0 Å². The third-order valence-electron chi connectivity index (χ3n) is 5.52. The smallest absolute Gasteiger partial charge is 0.246 e. The first-order valence-corrected chi connectivity index (χ1v) is 10.9. The van der Waals surface area contributed by atoms with Crippen LogP contribution in [0.5, 0.6) is 11.5 Å². The van der Waals surface area contributed by atoms with Gasteiger partial charge in [0, 0.05) is 11.0 Å². The van der Waals surface area contributed by atoms with E-state index in [2.05, 4.69) is 17.0 Å². The van der Waals surface area contributed by atoms with Crippen LogP contribution in [0.15, 0.2) is 85.1 Å². The van der Waals surface area contributed by atoms with Gasteiger partial charge in [0.2, 0.25) is 5.91 Å². The predicted octanol–water partition coefficient (Wildman–Crippen LogP) is 5.37. The number of amides is 1. The zero-order valence-electron chi connectivity index (χ0n) is 19.3. The van der Waals surface area contributed by atoms with Gasteiger partial charge in [-0.15, -0.1) is 0 Å². The molecule has 34 heavy (non-hydrogen) atoms. The van der Waals surface area contributed by atoms with Crippen molar-refractivity contribution in [3.8, 4) is 17.2 Å². The van der Waals surface area contributed by atoms with E-state index in [0.717, 1.165) is 27.9 Å². The first-order chi connectivity index (χ1) is 16.4. The number of rotatable bonds is 8. The van der Waals surface area contributed by atoms with Crippen molar-refractivity contribution in [1.82, 2.24) is 15.1 Å². The maximum absolute atomic E-state index is 13.3. The number of hydrogen-bond donors (Lipinski definition) is 1. The van der Waals surface area contributed by atoms with Crippen LogP contribution in [0.25, 0.3) is 16.6 Å². The maximum Gasteiger partial charge on any atom is 0.246 e. The number of benzene rings is 3. The van der Waals surface area contributed by atoms with E-state index in [4.69, 9.17) is 9.47 Å². The highest BCUT2D eigenvalue weighted by molar-refractivity contribution is 5.92. The SMILES string of the molecule is C=C(C)C(=O)N[C@@H](C)[C@H](Oc1ccc2c(cnn2-c2ccc(F)cc2)c1)c1ccc(OC)cc1. The van der Waals surface area contributed by atoms with Gasteiger partial charge in [0.25, 0.3) is 0 Å². The highest BCUT2D eigenvalue weighted by atomic mass is 19.1. The lowest BCUT2D eigenvalue weighted by atomic mass is 10.0. The molecule has 0 aliphatic heterocycles. The summed E-state index contributed by atoms with van der Waals surface area (Å²) < 4.78 is 26.7. The topological polar surface area (TPSA) is 65.4 Å². The Hall–Kier alpha value is -4.13. The molecule has 4 aromatic rings. The summed E-state index contributed by atoms with van der Waals surface area (Å²) in [7, 11) is 1.61. The first-order valence-electron chi connectivity index (χ1n) is 10.9. The van der Waals surface area contributed by atoms with E-state index in [9.17, 15) is 9.18 Å². The lowest BCUT2D eigenvalue weighted by Gasteiger charge is -2.27. The molecule has 0 bridgehead atoms. The highest BCUT2D eigenvalue weighted by Crippen LogP contribution is 2.30. The molecule has 1 heterocycles. The van der Waals surface area contributed by atoms with Gasteiger partial charge in [-0.1, -0.05) is 18.7 Å². The zero-order chi connectivity index (χ0) is 24.2. The molecule has 3 aromatic carbocycles. The van der Waals surface area contributed by atoms with Crippen molar-refractivity contribution < 1.29 is 18.7 Å². The van der Waals surface area contributed by atoms with Crippen molar-refractivity contribution >= 4 is 16.8 Å². The number of fused-ring (bicyclic) bond motifs is 1. The van der Waals surface area contributed by atoms with Crippen molar-refractivity contribution in [2.24, 2.45) is 0 Å². The maximum atomic E-state index is 13.3. The second kappa shape index (κ2) is 9.79. The van der Waals surface area contributed by atoms with Crippen LogP contribution in [0.2, 0.25) is 0 Å². The fourth-order valence-electron chi connectivity index (χ4n) is 3.68. The molecule has 6 nitrogen and oxygen atoms in total. The van der Waals surface area contributed by atoms with E-state index in [1.807, 2.05) is 49.4 Å². The first kappa shape index (κ1) is 23.0. The molecule has 0 saturated heterocycles. The average Bonchev–Trinajstić information content (AvgIpc) is 3.26. The van der Waals surface area contributed by atoms with Gasteiger partial charge in [0.05, 0.1) is 30.6 Å². The Morgan fingerprint density at radius 2 is 1.74 bits per heavy atom. The number of carbonyl (C=O) groups excluding carboxylic acids is 1. The van der Waals surface area contributed by atoms with Crippen molar-refractivity contribution in [1.29, 1.82) is 0 Å². The Balaban J connectivity index is 1.64. The third kappa shape index (κ3) is 4.93. The quantitative estimate of drug-likeness (QED) is 0.360. The Labute approximate surface area is 197 Å². The third-order valence-corrected chi connectivity index (χ3v) is 5.52. The molecule has 1 N–H and O–H groups in total. The summed E-state index contributed by atoms with van der Waals surface area (Å²) in [5, 5.41) is 8.27. The fraction of sp³-hybridized carbons (Fsp3) is 0.185. The van der Waals surface area contributed by atoms with Gasteiger partial charge in [-0.25, -0.2) is 9.07 Å². The van der Waals surface area contributed by atoms with Gasteiger partial charge >= 0.3 is 0 Å². The van der Waals surface area contributed by atoms with Crippen LogP contribution in [0.1, 0.15) is 25.5 Å². The molecule has 0 saturated carbocycles. The number of aromatic nitrogens is 2. The monoisotopic (exact) mass is 459 g/mol. The van der Waals surface area contributed by atoms with Crippen molar-refractivity contribution in [3.05, 3.63) is 96.5 Å². The minimum absolute atomic E-state index is 0.231. The van der Waals surface area contributed by atoms with E-state index < -0.39 is 6.10 Å². The van der Waals surface area contributed by atoms with Crippen molar-refractivity contribution in [3.63, 3.8) is 0 Å². The number of ether oxygens (including phenoxy) is 2. The van der Waals surface area contributed by atoms with Gasteiger partial charge in [-0.3, -0.25) is 4.79 Å². The molecule has 7 heteroatoms. The number of methoxy groups -OCH3 is 1. The van der Waals surface area contributed by atoms with Crippen LogP contribution in [0.3, 0.4) is 0 Å². The molecule has 1 amide bonds. The average molecular weight is 460 g/mol. The summed E-state index contributed by atoms with van der Waals surface area (Å²) in [6.07, 6.45) is 1.28. The molecule has 1 aromatic heterocycles. The molecule has 4 rings (SSSR count). The summed E-state index contributed by atoms with van der Waals surface area (Å²) in [5.41, 5.74) is 2.94. The summed E-state index contributed by atoms with van der Waals surface area (Å²) in [4.78, 5) is 12.3. The standard InChI is InChI=1S/C27H26FN3O3/c1-17(2)27(32)30-18(3)26(19-5-11-23(33-4)12-6-19)34-24-13-14-25-20(15-24)16-29-31(25)22-9-7-21(28)8-10-22/h5-16,18,26H,1H2,2-4H3,(H,30,32)/t18-,26-/m0/s1. The lowest BCUT2D eigenvalue weighted by molar-refractivity contribution is -0.118. The molecular formula is C27H26FN3O3. The van der Waals surface area contributed by atoms with E-state index in [-0.39, 0.29) is 17.8 Å². The predicted molar refractivity (Wildman–Crippen MR) is 130 cm³/mol. The molecule has 0 aliphatic rings. The van der Waals surface area contributed by atoms with Gasteiger partial charge in [-0.2, -0.15) is 5.10 Å². The van der Waals surface area contributed by atoms with Crippen LogP contribution in [0.4, 0.5) is 4.39 Å². The zero-order valence-corrected chi connectivity index (χ0v) is 19.3. The second-order valence-corrected chi connectivity index (χ2v) is 8.11. The van der Waals surface area contributed by atoms with Crippen LogP contribution in [0, 0.1) is 5.82 Å². The summed E-state index contributed by atoms with van der Waals surface area (Å²) in [5.74, 6) is 0.832.